The molecule has 0 aliphatic rings. The van der Waals surface area contributed by atoms with Crippen LogP contribution in [0.1, 0.15) is 29.0 Å². The van der Waals surface area contributed by atoms with Crippen molar-refractivity contribution in [1.29, 1.82) is 0 Å². The minimum atomic E-state index is -0.407. The Kier molecular flexibility index (Phi) is 3.86. The molecule has 0 aliphatic heterocycles. The van der Waals surface area contributed by atoms with Crippen LogP contribution in [-0.4, -0.2) is 5.11 Å². The van der Waals surface area contributed by atoms with Crippen molar-refractivity contribution in [3.05, 3.63) is 69.9 Å². The Hall–Kier alpha value is -1.64. The van der Waals surface area contributed by atoms with Gasteiger partial charge in [-0.25, -0.2) is 0 Å². The van der Waals surface area contributed by atoms with Gasteiger partial charge in [-0.2, -0.15) is 0 Å². The van der Waals surface area contributed by atoms with Crippen LogP contribution in [0.5, 0.6) is 0 Å². The second kappa shape index (κ2) is 5.78. The second-order valence-electron chi connectivity index (χ2n) is 5.02. The molecule has 0 spiro atoms. The fourth-order valence-corrected chi connectivity index (χ4v) is 3.69. The molecule has 1 N–H and O–H groups in total. The molecule has 1 nitrogen and oxygen atoms in total. The molecule has 1 heterocycles. The van der Waals surface area contributed by atoms with Crippen LogP contribution in [0.15, 0.2) is 53.9 Å². The van der Waals surface area contributed by atoms with E-state index in [1.54, 1.807) is 11.3 Å². The molecule has 1 unspecified atom stereocenters. The minimum absolute atomic E-state index is 0.407. The Morgan fingerprint density at radius 1 is 1.00 bits per heavy atom. The largest absolute Gasteiger partial charge is 0.387 e. The number of thiophene rings is 1. The van der Waals surface area contributed by atoms with Gasteiger partial charge in [0.25, 0.3) is 0 Å². The molecule has 1 atom stereocenters. The Morgan fingerprint density at radius 3 is 2.65 bits per heavy atom. The van der Waals surface area contributed by atoms with Crippen molar-refractivity contribution in [2.45, 2.75) is 25.9 Å². The summed E-state index contributed by atoms with van der Waals surface area (Å²) in [6, 6.07) is 16.8. The normalized spacial score (nSPS) is 12.7. The number of fused-ring (bicyclic) bond motifs is 1. The predicted molar refractivity (Wildman–Crippen MR) is 86.3 cm³/mol. The smallest absolute Gasteiger partial charge is 0.0925 e. The van der Waals surface area contributed by atoms with E-state index in [1.165, 1.54) is 21.9 Å². The average molecular weight is 282 g/mol. The number of aryl methyl sites for hydroxylation is 1. The van der Waals surface area contributed by atoms with Crippen molar-refractivity contribution >= 4 is 22.1 Å². The maximum absolute atomic E-state index is 10.5. The summed E-state index contributed by atoms with van der Waals surface area (Å²) in [5.74, 6) is 0. The summed E-state index contributed by atoms with van der Waals surface area (Å²) in [5, 5.41) is 15.1. The Morgan fingerprint density at radius 2 is 1.80 bits per heavy atom. The fraction of sp³-hybridized carbons (Fsp3) is 0.222. The zero-order chi connectivity index (χ0) is 13.9. The average Bonchev–Trinajstić information content (AvgIpc) is 2.96. The first kappa shape index (κ1) is 13.3. The van der Waals surface area contributed by atoms with Gasteiger partial charge in [-0.3, -0.25) is 0 Å². The van der Waals surface area contributed by atoms with Crippen LogP contribution in [0.3, 0.4) is 0 Å². The third kappa shape index (κ3) is 2.49. The fourth-order valence-electron chi connectivity index (χ4n) is 2.70. The van der Waals surface area contributed by atoms with Gasteiger partial charge in [0.1, 0.15) is 0 Å². The van der Waals surface area contributed by atoms with Crippen molar-refractivity contribution in [2.75, 3.05) is 0 Å². The number of benzene rings is 2. The van der Waals surface area contributed by atoms with E-state index in [2.05, 4.69) is 60.8 Å². The van der Waals surface area contributed by atoms with E-state index in [9.17, 15) is 5.11 Å². The molecule has 0 amide bonds. The molecule has 0 saturated heterocycles. The van der Waals surface area contributed by atoms with Crippen LogP contribution < -0.4 is 0 Å². The Labute approximate surface area is 123 Å². The van der Waals surface area contributed by atoms with E-state index in [-0.39, 0.29) is 0 Å². The summed E-state index contributed by atoms with van der Waals surface area (Å²) in [4.78, 5) is 1.11. The van der Waals surface area contributed by atoms with E-state index in [0.717, 1.165) is 11.3 Å². The van der Waals surface area contributed by atoms with Crippen LogP contribution in [0, 0.1) is 0 Å². The molecule has 0 aliphatic carbocycles. The molecule has 0 radical (unpaired) electrons. The van der Waals surface area contributed by atoms with Crippen molar-refractivity contribution < 1.29 is 5.11 Å². The maximum Gasteiger partial charge on any atom is 0.0925 e. The zero-order valence-corrected chi connectivity index (χ0v) is 12.4. The summed E-state index contributed by atoms with van der Waals surface area (Å²) >= 11 is 1.66. The zero-order valence-electron chi connectivity index (χ0n) is 11.5. The van der Waals surface area contributed by atoms with Gasteiger partial charge < -0.3 is 5.11 Å². The van der Waals surface area contributed by atoms with E-state index in [4.69, 9.17) is 0 Å². The predicted octanol–water partition coefficient (Wildman–Crippen LogP) is 4.74. The lowest BCUT2D eigenvalue weighted by atomic mass is 9.98. The highest BCUT2D eigenvalue weighted by atomic mass is 32.1. The lowest BCUT2D eigenvalue weighted by Gasteiger charge is -2.13. The molecule has 3 rings (SSSR count). The van der Waals surface area contributed by atoms with E-state index in [0.29, 0.717) is 6.42 Å². The molecule has 2 heteroatoms. The van der Waals surface area contributed by atoms with Crippen LogP contribution >= 0.6 is 11.3 Å². The lowest BCUT2D eigenvalue weighted by molar-refractivity contribution is 0.182. The summed E-state index contributed by atoms with van der Waals surface area (Å²) in [6.07, 6.45) is 1.25. The van der Waals surface area contributed by atoms with Crippen molar-refractivity contribution in [1.82, 2.24) is 0 Å². The molecular formula is C18H18OS. The Bertz CT molecular complexity index is 709. The Balaban J connectivity index is 1.93. The highest BCUT2D eigenvalue weighted by Gasteiger charge is 2.15. The van der Waals surface area contributed by atoms with Crippen LogP contribution in [0.2, 0.25) is 0 Å². The monoisotopic (exact) mass is 282 g/mol. The molecule has 102 valence electrons. The van der Waals surface area contributed by atoms with Crippen LogP contribution in [0.4, 0.5) is 0 Å². The molecule has 20 heavy (non-hydrogen) atoms. The second-order valence-corrected chi connectivity index (χ2v) is 5.97. The molecule has 1 aromatic heterocycles. The van der Waals surface area contributed by atoms with Gasteiger partial charge in [0.2, 0.25) is 0 Å². The van der Waals surface area contributed by atoms with Gasteiger partial charge in [0.05, 0.1) is 6.10 Å². The van der Waals surface area contributed by atoms with Gasteiger partial charge >= 0.3 is 0 Å². The quantitative estimate of drug-likeness (QED) is 0.733. The topological polar surface area (TPSA) is 20.2 Å². The lowest BCUT2D eigenvalue weighted by Crippen LogP contribution is -2.02. The molecule has 0 saturated carbocycles. The first-order valence-electron chi connectivity index (χ1n) is 7.00. The highest BCUT2D eigenvalue weighted by molar-refractivity contribution is 7.10. The third-order valence-electron chi connectivity index (χ3n) is 3.76. The summed E-state index contributed by atoms with van der Waals surface area (Å²) < 4.78 is 0. The number of hydrogen-bond acceptors (Lipinski definition) is 2. The van der Waals surface area contributed by atoms with Crippen molar-refractivity contribution in [3.8, 4) is 0 Å². The summed E-state index contributed by atoms with van der Waals surface area (Å²) in [5.41, 5.74) is 2.48. The summed E-state index contributed by atoms with van der Waals surface area (Å²) in [7, 11) is 0. The van der Waals surface area contributed by atoms with E-state index < -0.39 is 6.10 Å². The summed E-state index contributed by atoms with van der Waals surface area (Å²) in [6.45, 7) is 2.14. The number of aliphatic hydroxyl groups is 1. The maximum atomic E-state index is 10.5. The molecule has 0 fully saturated rings. The van der Waals surface area contributed by atoms with Crippen molar-refractivity contribution in [2.24, 2.45) is 0 Å². The minimum Gasteiger partial charge on any atom is -0.387 e. The number of rotatable bonds is 4. The van der Waals surface area contributed by atoms with Gasteiger partial charge in [0.15, 0.2) is 0 Å². The molecular weight excluding hydrogens is 264 g/mol. The molecule has 3 aromatic rings. The first-order chi connectivity index (χ1) is 9.79. The van der Waals surface area contributed by atoms with Crippen LogP contribution in [0.25, 0.3) is 10.8 Å². The highest BCUT2D eigenvalue weighted by Crippen LogP contribution is 2.29. The van der Waals surface area contributed by atoms with Gasteiger partial charge in [0, 0.05) is 11.3 Å². The standard InChI is InChI=1S/C18H18OS/c1-2-13-10-11-20-18(13)17(19)12-15-8-5-7-14-6-3-4-9-16(14)15/h3-11,17,19H,2,12H2,1H3. The van der Waals surface area contributed by atoms with E-state index in [1.807, 2.05) is 0 Å². The number of aliphatic hydroxyl groups excluding tert-OH is 1. The first-order valence-corrected chi connectivity index (χ1v) is 7.88. The third-order valence-corrected chi connectivity index (χ3v) is 4.82. The van der Waals surface area contributed by atoms with Gasteiger partial charge in [-0.15, -0.1) is 11.3 Å². The molecule has 0 bridgehead atoms. The number of hydrogen-bond donors (Lipinski definition) is 1. The van der Waals surface area contributed by atoms with Gasteiger partial charge in [-0.1, -0.05) is 49.4 Å². The SMILES string of the molecule is CCc1ccsc1C(O)Cc1cccc2ccccc12. The van der Waals surface area contributed by atoms with Gasteiger partial charge in [-0.05, 0) is 39.8 Å². The van der Waals surface area contributed by atoms with Crippen molar-refractivity contribution in [3.63, 3.8) is 0 Å². The van der Waals surface area contributed by atoms with Crippen LogP contribution in [-0.2, 0) is 12.8 Å². The van der Waals surface area contributed by atoms with E-state index >= 15 is 0 Å². The molecule has 2 aromatic carbocycles.